The zero-order valence-corrected chi connectivity index (χ0v) is 13.1. The number of carboxylic acids is 1. The molecule has 6 heteroatoms. The largest absolute Gasteiger partial charge is 0.481 e. The van der Waals surface area contributed by atoms with Crippen molar-refractivity contribution in [3.8, 4) is 11.3 Å². The summed E-state index contributed by atoms with van der Waals surface area (Å²) < 4.78 is 15.2. The predicted molar refractivity (Wildman–Crippen MR) is 84.2 cm³/mol. The maximum atomic E-state index is 13.5. The van der Waals surface area contributed by atoms with Gasteiger partial charge in [0.2, 0.25) is 0 Å². The standard InChI is InChI=1S/C17H20FN3O2/c1-20-9-14(11-21-7-3-5-13(10-21)17(22)23)16(19-20)12-4-2-6-15(18)8-12/h2,4,6,8-9,13H,3,5,7,10-11H2,1H3,(H,22,23)/t13-/m1/s1. The molecule has 5 nitrogen and oxygen atoms in total. The molecule has 1 N–H and O–H groups in total. The van der Waals surface area contributed by atoms with Crippen LogP contribution in [0.3, 0.4) is 0 Å². The fraction of sp³-hybridized carbons (Fsp3) is 0.412. The molecule has 2 heterocycles. The third-order valence-corrected chi connectivity index (χ3v) is 4.25. The van der Waals surface area contributed by atoms with Crippen LogP contribution in [0.2, 0.25) is 0 Å². The first-order valence-corrected chi connectivity index (χ1v) is 7.76. The van der Waals surface area contributed by atoms with Crippen LogP contribution in [0, 0.1) is 11.7 Å². The molecular weight excluding hydrogens is 297 g/mol. The fourth-order valence-electron chi connectivity index (χ4n) is 3.17. The van der Waals surface area contributed by atoms with Gasteiger partial charge in [-0.05, 0) is 31.5 Å². The van der Waals surface area contributed by atoms with E-state index in [0.717, 1.165) is 36.2 Å². The number of aromatic nitrogens is 2. The van der Waals surface area contributed by atoms with Crippen LogP contribution in [-0.4, -0.2) is 38.8 Å². The summed E-state index contributed by atoms with van der Waals surface area (Å²) in [5.74, 6) is -1.33. The lowest BCUT2D eigenvalue weighted by Crippen LogP contribution is -2.38. The monoisotopic (exact) mass is 317 g/mol. The number of benzene rings is 1. The topological polar surface area (TPSA) is 58.4 Å². The van der Waals surface area contributed by atoms with E-state index in [1.165, 1.54) is 12.1 Å². The molecule has 1 fully saturated rings. The van der Waals surface area contributed by atoms with E-state index in [1.807, 2.05) is 19.3 Å². The Balaban J connectivity index is 1.82. The average Bonchev–Trinajstić information content (AvgIpc) is 2.88. The summed E-state index contributed by atoms with van der Waals surface area (Å²) in [5.41, 5.74) is 2.49. The number of rotatable bonds is 4. The molecule has 2 aromatic rings. The van der Waals surface area contributed by atoms with Crippen molar-refractivity contribution in [3.63, 3.8) is 0 Å². The Morgan fingerprint density at radius 1 is 1.48 bits per heavy atom. The highest BCUT2D eigenvalue weighted by molar-refractivity contribution is 5.70. The third-order valence-electron chi connectivity index (χ3n) is 4.25. The van der Waals surface area contributed by atoms with E-state index in [-0.39, 0.29) is 11.7 Å². The minimum absolute atomic E-state index is 0.289. The molecule has 0 aliphatic carbocycles. The van der Waals surface area contributed by atoms with Gasteiger partial charge in [-0.2, -0.15) is 5.10 Å². The van der Waals surface area contributed by atoms with Crippen molar-refractivity contribution in [3.05, 3.63) is 41.8 Å². The summed E-state index contributed by atoms with van der Waals surface area (Å²) in [6.45, 7) is 2.05. The van der Waals surface area contributed by atoms with Gasteiger partial charge in [-0.1, -0.05) is 12.1 Å². The van der Waals surface area contributed by atoms with Crippen LogP contribution in [0.4, 0.5) is 4.39 Å². The predicted octanol–water partition coefficient (Wildman–Crippen LogP) is 2.52. The van der Waals surface area contributed by atoms with Gasteiger partial charge in [0.15, 0.2) is 0 Å². The summed E-state index contributed by atoms with van der Waals surface area (Å²) in [5, 5.41) is 13.7. The van der Waals surface area contributed by atoms with Gasteiger partial charge >= 0.3 is 5.97 Å². The van der Waals surface area contributed by atoms with Crippen molar-refractivity contribution in [2.75, 3.05) is 13.1 Å². The molecule has 122 valence electrons. The number of carboxylic acid groups (broad SMARTS) is 1. The van der Waals surface area contributed by atoms with Crippen molar-refractivity contribution in [1.29, 1.82) is 0 Å². The molecule has 0 spiro atoms. The van der Waals surface area contributed by atoms with Crippen molar-refractivity contribution in [2.45, 2.75) is 19.4 Å². The molecule has 0 unspecified atom stereocenters. The number of carbonyl (C=O) groups is 1. The van der Waals surface area contributed by atoms with Crippen molar-refractivity contribution in [1.82, 2.24) is 14.7 Å². The Hall–Kier alpha value is -2.21. The highest BCUT2D eigenvalue weighted by atomic mass is 19.1. The number of piperidine rings is 1. The second-order valence-electron chi connectivity index (χ2n) is 6.10. The third kappa shape index (κ3) is 3.59. The number of halogens is 1. The maximum Gasteiger partial charge on any atom is 0.307 e. The molecule has 1 aromatic heterocycles. The molecule has 23 heavy (non-hydrogen) atoms. The molecular formula is C17H20FN3O2. The SMILES string of the molecule is Cn1cc(CN2CCC[C@@H](C(=O)O)C2)c(-c2cccc(F)c2)n1. The minimum Gasteiger partial charge on any atom is -0.481 e. The molecule has 0 radical (unpaired) electrons. The minimum atomic E-state index is -0.730. The van der Waals surface area contributed by atoms with Crippen molar-refractivity contribution < 1.29 is 14.3 Å². The zero-order valence-electron chi connectivity index (χ0n) is 13.1. The van der Waals surface area contributed by atoms with Crippen molar-refractivity contribution in [2.24, 2.45) is 13.0 Å². The van der Waals surface area contributed by atoms with E-state index in [4.69, 9.17) is 0 Å². The van der Waals surface area contributed by atoms with Crippen LogP contribution < -0.4 is 0 Å². The number of hydrogen-bond acceptors (Lipinski definition) is 3. The molecule has 1 aliphatic rings. The number of aliphatic carboxylic acids is 1. The molecule has 1 saturated heterocycles. The van der Waals surface area contributed by atoms with E-state index in [1.54, 1.807) is 10.7 Å². The smallest absolute Gasteiger partial charge is 0.307 e. The molecule has 0 saturated carbocycles. The van der Waals surface area contributed by atoms with Gasteiger partial charge in [0.25, 0.3) is 0 Å². The molecule has 3 rings (SSSR count). The summed E-state index contributed by atoms with van der Waals surface area (Å²) in [7, 11) is 1.84. The van der Waals surface area contributed by atoms with E-state index in [0.29, 0.717) is 13.1 Å². The van der Waals surface area contributed by atoms with Gasteiger partial charge < -0.3 is 5.11 Å². The van der Waals surface area contributed by atoms with Gasteiger partial charge in [0, 0.05) is 37.5 Å². The van der Waals surface area contributed by atoms with E-state index >= 15 is 0 Å². The van der Waals surface area contributed by atoms with Gasteiger partial charge in [0.1, 0.15) is 5.82 Å². The number of likely N-dealkylation sites (tertiary alicyclic amines) is 1. The Labute approximate surface area is 134 Å². The lowest BCUT2D eigenvalue weighted by Gasteiger charge is -2.30. The second kappa shape index (κ2) is 6.50. The van der Waals surface area contributed by atoms with Crippen LogP contribution in [0.15, 0.2) is 30.5 Å². The fourth-order valence-corrected chi connectivity index (χ4v) is 3.17. The molecule has 1 atom stereocenters. The normalized spacial score (nSPS) is 19.0. The summed E-state index contributed by atoms with van der Waals surface area (Å²) >= 11 is 0. The second-order valence-corrected chi connectivity index (χ2v) is 6.10. The number of hydrogen-bond donors (Lipinski definition) is 1. The molecule has 0 amide bonds. The van der Waals surface area contributed by atoms with E-state index in [2.05, 4.69) is 10.00 Å². The Kier molecular flexibility index (Phi) is 4.43. The summed E-state index contributed by atoms with van der Waals surface area (Å²) in [6, 6.07) is 6.39. The first kappa shape index (κ1) is 15.7. The van der Waals surface area contributed by atoms with Gasteiger partial charge in [0.05, 0.1) is 11.6 Å². The molecule has 0 bridgehead atoms. The first-order chi connectivity index (χ1) is 11.0. The first-order valence-electron chi connectivity index (χ1n) is 7.76. The highest BCUT2D eigenvalue weighted by Gasteiger charge is 2.26. The van der Waals surface area contributed by atoms with Crippen LogP contribution in [0.1, 0.15) is 18.4 Å². The average molecular weight is 317 g/mol. The van der Waals surface area contributed by atoms with Gasteiger partial charge in [-0.25, -0.2) is 4.39 Å². The zero-order chi connectivity index (χ0) is 16.4. The van der Waals surface area contributed by atoms with Crippen LogP contribution in [0.25, 0.3) is 11.3 Å². The summed E-state index contributed by atoms with van der Waals surface area (Å²) in [4.78, 5) is 13.3. The number of nitrogens with zero attached hydrogens (tertiary/aromatic N) is 3. The lowest BCUT2D eigenvalue weighted by atomic mass is 9.97. The maximum absolute atomic E-state index is 13.5. The quantitative estimate of drug-likeness (QED) is 0.941. The van der Waals surface area contributed by atoms with Crippen LogP contribution in [-0.2, 0) is 18.4 Å². The van der Waals surface area contributed by atoms with Gasteiger partial charge in [-0.3, -0.25) is 14.4 Å². The van der Waals surface area contributed by atoms with Crippen LogP contribution >= 0.6 is 0 Å². The van der Waals surface area contributed by atoms with Crippen molar-refractivity contribution >= 4 is 5.97 Å². The Bertz CT molecular complexity index is 714. The molecule has 1 aliphatic heterocycles. The molecule has 1 aromatic carbocycles. The highest BCUT2D eigenvalue weighted by Crippen LogP contribution is 2.26. The lowest BCUT2D eigenvalue weighted by molar-refractivity contribution is -0.143. The van der Waals surface area contributed by atoms with E-state index in [9.17, 15) is 14.3 Å². The summed E-state index contributed by atoms with van der Waals surface area (Å²) in [6.07, 6.45) is 3.53. The van der Waals surface area contributed by atoms with Gasteiger partial charge in [-0.15, -0.1) is 0 Å². The van der Waals surface area contributed by atoms with Crippen LogP contribution in [0.5, 0.6) is 0 Å². The Morgan fingerprint density at radius 3 is 3.04 bits per heavy atom. The Morgan fingerprint density at radius 2 is 2.30 bits per heavy atom. The van der Waals surface area contributed by atoms with E-state index < -0.39 is 5.97 Å². The number of aryl methyl sites for hydroxylation is 1.